The third-order valence-corrected chi connectivity index (χ3v) is 5.06. The lowest BCUT2D eigenvalue weighted by Gasteiger charge is -2.39. The second-order valence-electron chi connectivity index (χ2n) is 7.33. The first-order chi connectivity index (χ1) is 13.5. The minimum atomic E-state index is -0.146. The second-order valence-corrected chi connectivity index (χ2v) is 7.33. The molecule has 7 heteroatoms. The van der Waals surface area contributed by atoms with Crippen molar-refractivity contribution in [2.75, 3.05) is 19.6 Å². The Balaban J connectivity index is 1.54. The van der Waals surface area contributed by atoms with E-state index in [1.807, 2.05) is 30.5 Å². The Kier molecular flexibility index (Phi) is 4.58. The topological polar surface area (TPSA) is 71.8 Å². The molecule has 1 aliphatic heterocycles. The summed E-state index contributed by atoms with van der Waals surface area (Å²) in [4.78, 5) is 29.4. The van der Waals surface area contributed by atoms with Gasteiger partial charge in [0.1, 0.15) is 5.69 Å². The molecule has 3 aromatic heterocycles. The lowest BCUT2D eigenvalue weighted by Crippen LogP contribution is -2.55. The van der Waals surface area contributed by atoms with Crippen molar-refractivity contribution in [1.29, 1.82) is 0 Å². The zero-order chi connectivity index (χ0) is 19.8. The van der Waals surface area contributed by atoms with E-state index in [9.17, 15) is 9.59 Å². The van der Waals surface area contributed by atoms with Crippen molar-refractivity contribution in [2.24, 2.45) is 0 Å². The number of carbonyl (C=O) groups excluding carboxylic acids is 2. The molecular formula is C21H23N3O4. The fourth-order valence-electron chi connectivity index (χ4n) is 3.73. The van der Waals surface area contributed by atoms with Gasteiger partial charge in [-0.1, -0.05) is 12.2 Å². The molecule has 1 aliphatic rings. The van der Waals surface area contributed by atoms with E-state index in [1.165, 1.54) is 6.26 Å². The Hall–Kier alpha value is -3.22. The highest BCUT2D eigenvalue weighted by Crippen LogP contribution is 2.24. The Bertz CT molecular complexity index is 1030. The fraction of sp³-hybridized carbons (Fsp3) is 0.333. The molecule has 7 nitrogen and oxygen atoms in total. The average Bonchev–Trinajstić information content (AvgIpc) is 3.39. The fourth-order valence-corrected chi connectivity index (χ4v) is 3.73. The molecule has 0 bridgehead atoms. The number of amides is 2. The van der Waals surface area contributed by atoms with E-state index in [0.717, 1.165) is 11.0 Å². The van der Waals surface area contributed by atoms with Gasteiger partial charge in [-0.05, 0) is 38.1 Å². The number of fused-ring (bicyclic) bond motifs is 1. The van der Waals surface area contributed by atoms with E-state index in [4.69, 9.17) is 8.83 Å². The zero-order valence-electron chi connectivity index (χ0n) is 16.1. The second kappa shape index (κ2) is 7.07. The first-order valence-corrected chi connectivity index (χ1v) is 9.30. The third-order valence-electron chi connectivity index (χ3n) is 5.06. The van der Waals surface area contributed by atoms with Crippen LogP contribution in [0.15, 0.2) is 57.8 Å². The van der Waals surface area contributed by atoms with E-state index < -0.39 is 0 Å². The van der Waals surface area contributed by atoms with Gasteiger partial charge in [-0.15, -0.1) is 0 Å². The van der Waals surface area contributed by atoms with Crippen LogP contribution in [-0.4, -0.2) is 51.9 Å². The summed E-state index contributed by atoms with van der Waals surface area (Å²) in [5.41, 5.74) is 2.19. The van der Waals surface area contributed by atoms with Crippen LogP contribution in [0.2, 0.25) is 0 Å². The summed E-state index contributed by atoms with van der Waals surface area (Å²) in [5, 5.41) is 0.893. The van der Waals surface area contributed by atoms with Crippen LogP contribution in [0.1, 0.15) is 34.9 Å². The Morgan fingerprint density at radius 2 is 2.00 bits per heavy atom. The van der Waals surface area contributed by atoms with Crippen LogP contribution in [-0.2, 0) is 6.54 Å². The van der Waals surface area contributed by atoms with Crippen molar-refractivity contribution in [2.45, 2.75) is 26.4 Å². The standard InChI is InChI=1S/C21H23N3O4/c1-14(2)12-24-17(11-16-6-10-28-21(16)24)19(25)22-7-8-23(15(3)13-22)20(26)18-5-4-9-27-18/h4-6,9-11,15H,1,7-8,12-13H2,2-3H3. The van der Waals surface area contributed by atoms with Gasteiger partial charge in [0.15, 0.2) is 5.76 Å². The molecule has 3 aromatic rings. The quantitative estimate of drug-likeness (QED) is 0.650. The molecule has 0 saturated carbocycles. The monoisotopic (exact) mass is 381 g/mol. The summed E-state index contributed by atoms with van der Waals surface area (Å²) in [7, 11) is 0. The van der Waals surface area contributed by atoms with Gasteiger partial charge >= 0.3 is 0 Å². The van der Waals surface area contributed by atoms with Crippen LogP contribution in [0, 0.1) is 0 Å². The number of nitrogens with zero attached hydrogens (tertiary/aromatic N) is 3. The summed E-state index contributed by atoms with van der Waals surface area (Å²) in [6, 6.07) is 6.96. The average molecular weight is 381 g/mol. The van der Waals surface area contributed by atoms with Crippen LogP contribution >= 0.6 is 0 Å². The Morgan fingerprint density at radius 1 is 1.18 bits per heavy atom. The lowest BCUT2D eigenvalue weighted by molar-refractivity contribution is 0.0391. The molecule has 1 fully saturated rings. The molecule has 0 radical (unpaired) electrons. The van der Waals surface area contributed by atoms with Gasteiger partial charge in [-0.3, -0.25) is 9.59 Å². The van der Waals surface area contributed by atoms with E-state index in [1.54, 1.807) is 28.2 Å². The van der Waals surface area contributed by atoms with Crippen LogP contribution in [0.4, 0.5) is 0 Å². The Morgan fingerprint density at radius 3 is 2.68 bits per heavy atom. The van der Waals surface area contributed by atoms with Crippen molar-refractivity contribution in [3.8, 4) is 0 Å². The number of allylic oxidation sites excluding steroid dienone is 1. The highest BCUT2D eigenvalue weighted by Gasteiger charge is 2.33. The van der Waals surface area contributed by atoms with Gasteiger partial charge in [-0.2, -0.15) is 0 Å². The van der Waals surface area contributed by atoms with Crippen molar-refractivity contribution in [3.05, 3.63) is 60.4 Å². The van der Waals surface area contributed by atoms with Crippen LogP contribution in [0.25, 0.3) is 11.1 Å². The molecule has 1 atom stereocenters. The predicted molar refractivity (Wildman–Crippen MR) is 104 cm³/mol. The molecule has 0 aliphatic carbocycles. The molecule has 4 rings (SSSR count). The Labute approximate surface area is 162 Å². The van der Waals surface area contributed by atoms with Crippen molar-refractivity contribution >= 4 is 22.9 Å². The highest BCUT2D eigenvalue weighted by molar-refractivity contribution is 5.98. The number of rotatable bonds is 4. The maximum Gasteiger partial charge on any atom is 0.289 e. The van der Waals surface area contributed by atoms with Crippen LogP contribution in [0.5, 0.6) is 0 Å². The molecule has 4 heterocycles. The summed E-state index contributed by atoms with van der Waals surface area (Å²) in [6.07, 6.45) is 3.11. The SMILES string of the molecule is C=C(C)Cn1c(C(=O)N2CCN(C(=O)c3ccco3)C(C)C2)cc2ccoc21. The van der Waals surface area contributed by atoms with Gasteiger partial charge < -0.3 is 23.2 Å². The number of hydrogen-bond acceptors (Lipinski definition) is 4. The largest absolute Gasteiger partial charge is 0.459 e. The smallest absolute Gasteiger partial charge is 0.289 e. The highest BCUT2D eigenvalue weighted by atomic mass is 16.3. The predicted octanol–water partition coefficient (Wildman–Crippen LogP) is 3.39. The van der Waals surface area contributed by atoms with E-state index in [-0.39, 0.29) is 17.9 Å². The molecule has 146 valence electrons. The van der Waals surface area contributed by atoms with Crippen LogP contribution in [0.3, 0.4) is 0 Å². The van der Waals surface area contributed by atoms with Crippen molar-refractivity contribution < 1.29 is 18.4 Å². The number of furan rings is 2. The van der Waals surface area contributed by atoms with E-state index >= 15 is 0 Å². The summed E-state index contributed by atoms with van der Waals surface area (Å²) in [5.74, 6) is 0.111. The molecule has 1 saturated heterocycles. The zero-order valence-corrected chi connectivity index (χ0v) is 16.1. The van der Waals surface area contributed by atoms with Gasteiger partial charge in [0.25, 0.3) is 11.8 Å². The van der Waals surface area contributed by atoms with Gasteiger partial charge in [0.2, 0.25) is 5.71 Å². The van der Waals surface area contributed by atoms with Gasteiger partial charge in [0.05, 0.1) is 12.5 Å². The maximum absolute atomic E-state index is 13.2. The van der Waals surface area contributed by atoms with Crippen LogP contribution < -0.4 is 0 Å². The summed E-state index contributed by atoms with van der Waals surface area (Å²) in [6.45, 7) is 9.73. The van der Waals surface area contributed by atoms with E-state index in [0.29, 0.717) is 43.3 Å². The van der Waals surface area contributed by atoms with Crippen molar-refractivity contribution in [1.82, 2.24) is 14.4 Å². The normalized spacial score (nSPS) is 17.3. The molecule has 0 spiro atoms. The van der Waals surface area contributed by atoms with Gasteiger partial charge in [0, 0.05) is 37.6 Å². The third kappa shape index (κ3) is 3.13. The minimum Gasteiger partial charge on any atom is -0.459 e. The molecule has 0 aromatic carbocycles. The maximum atomic E-state index is 13.2. The first-order valence-electron chi connectivity index (χ1n) is 9.30. The molecule has 1 unspecified atom stereocenters. The molecule has 0 N–H and O–H groups in total. The summed E-state index contributed by atoms with van der Waals surface area (Å²) >= 11 is 0. The lowest BCUT2D eigenvalue weighted by atomic mass is 10.1. The number of carbonyl (C=O) groups is 2. The first kappa shape index (κ1) is 18.2. The molecule has 2 amide bonds. The number of aromatic nitrogens is 1. The van der Waals surface area contributed by atoms with E-state index in [2.05, 4.69) is 6.58 Å². The number of hydrogen-bond donors (Lipinski definition) is 0. The summed E-state index contributed by atoms with van der Waals surface area (Å²) < 4.78 is 12.7. The van der Waals surface area contributed by atoms with Gasteiger partial charge in [-0.25, -0.2) is 0 Å². The molecular weight excluding hydrogens is 358 g/mol. The van der Waals surface area contributed by atoms with Crippen molar-refractivity contribution in [3.63, 3.8) is 0 Å². The number of piperazine rings is 1. The molecule has 28 heavy (non-hydrogen) atoms. The minimum absolute atomic E-state index is 0.0652.